The van der Waals surface area contributed by atoms with Crippen molar-refractivity contribution in [3.05, 3.63) is 58.0 Å². The van der Waals surface area contributed by atoms with E-state index in [0.717, 1.165) is 18.2 Å². The zero-order valence-electron chi connectivity index (χ0n) is 15.0. The number of aromatic amines is 1. The molecule has 0 aliphatic heterocycles. The van der Waals surface area contributed by atoms with Gasteiger partial charge in [-0.25, -0.2) is 8.78 Å². The molecule has 1 aromatic heterocycles. The Kier molecular flexibility index (Phi) is 5.63. The van der Waals surface area contributed by atoms with Crippen molar-refractivity contribution in [2.45, 2.75) is 43.9 Å². The third-order valence-corrected chi connectivity index (χ3v) is 4.54. The Bertz CT molecular complexity index is 945. The molecule has 1 amide bonds. The number of ether oxygens (including phenoxy) is 1. The molecule has 0 atom stereocenters. The number of rotatable bonds is 4. The van der Waals surface area contributed by atoms with E-state index in [0.29, 0.717) is 6.07 Å². The maximum absolute atomic E-state index is 13.3. The summed E-state index contributed by atoms with van der Waals surface area (Å²) < 4.78 is 71.4. The van der Waals surface area contributed by atoms with Crippen LogP contribution in [0.15, 0.2) is 41.3 Å². The van der Waals surface area contributed by atoms with E-state index < -0.39 is 48.1 Å². The van der Waals surface area contributed by atoms with Crippen LogP contribution in [0.4, 0.5) is 27.6 Å². The van der Waals surface area contributed by atoms with Crippen LogP contribution in [0.2, 0.25) is 0 Å². The third kappa shape index (κ3) is 5.33. The lowest BCUT2D eigenvalue weighted by Gasteiger charge is -2.29. The third-order valence-electron chi connectivity index (χ3n) is 4.54. The average molecular weight is 416 g/mol. The van der Waals surface area contributed by atoms with Gasteiger partial charge in [-0.1, -0.05) is 0 Å². The minimum Gasteiger partial charge on any atom is -0.490 e. The van der Waals surface area contributed by atoms with Gasteiger partial charge in [0.15, 0.2) is 0 Å². The second kappa shape index (κ2) is 7.84. The Morgan fingerprint density at radius 3 is 2.45 bits per heavy atom. The van der Waals surface area contributed by atoms with Gasteiger partial charge in [-0.3, -0.25) is 9.59 Å². The maximum Gasteiger partial charge on any atom is 0.416 e. The molecule has 1 aliphatic carbocycles. The zero-order chi connectivity index (χ0) is 21.2. The quantitative estimate of drug-likeness (QED) is 0.716. The van der Waals surface area contributed by atoms with E-state index in [2.05, 4.69) is 10.3 Å². The van der Waals surface area contributed by atoms with Crippen LogP contribution in [0, 0.1) is 0 Å². The average Bonchev–Trinajstić information content (AvgIpc) is 2.62. The van der Waals surface area contributed by atoms with Crippen LogP contribution in [0.5, 0.6) is 5.75 Å². The lowest BCUT2D eigenvalue weighted by atomic mass is 9.94. The Hall–Kier alpha value is -2.91. The number of benzene rings is 1. The van der Waals surface area contributed by atoms with Crippen molar-refractivity contribution in [2.75, 3.05) is 5.32 Å². The molecule has 156 valence electrons. The summed E-state index contributed by atoms with van der Waals surface area (Å²) in [5, 5.41) is 2.41. The van der Waals surface area contributed by atoms with Gasteiger partial charge in [0.05, 0.1) is 17.2 Å². The molecule has 10 heteroatoms. The van der Waals surface area contributed by atoms with Crippen LogP contribution in [0.3, 0.4) is 0 Å². The fraction of sp³-hybridized carbons (Fsp3) is 0.368. The number of amides is 1. The molecule has 2 aromatic rings. The topological polar surface area (TPSA) is 71.2 Å². The summed E-state index contributed by atoms with van der Waals surface area (Å²) >= 11 is 0. The molecule has 3 rings (SSSR count). The summed E-state index contributed by atoms with van der Waals surface area (Å²) in [7, 11) is 0. The van der Waals surface area contributed by atoms with Gasteiger partial charge < -0.3 is 15.0 Å². The fourth-order valence-electron chi connectivity index (χ4n) is 3.02. The zero-order valence-corrected chi connectivity index (χ0v) is 15.0. The fourth-order valence-corrected chi connectivity index (χ4v) is 3.02. The van der Waals surface area contributed by atoms with Crippen LogP contribution in [0.1, 0.15) is 41.6 Å². The molecule has 0 unspecified atom stereocenters. The van der Waals surface area contributed by atoms with Gasteiger partial charge in [-0.05, 0) is 37.1 Å². The number of nitrogens with one attached hydrogen (secondary N) is 2. The normalized spacial score (nSPS) is 17.0. The van der Waals surface area contributed by atoms with E-state index in [1.165, 1.54) is 12.3 Å². The van der Waals surface area contributed by atoms with E-state index in [1.54, 1.807) is 0 Å². The Morgan fingerprint density at radius 2 is 1.83 bits per heavy atom. The smallest absolute Gasteiger partial charge is 0.416 e. The number of hydrogen-bond donors (Lipinski definition) is 2. The summed E-state index contributed by atoms with van der Waals surface area (Å²) in [6, 6.07) is 4.87. The van der Waals surface area contributed by atoms with Gasteiger partial charge in [0.1, 0.15) is 5.75 Å². The van der Waals surface area contributed by atoms with Crippen LogP contribution >= 0.6 is 0 Å². The highest BCUT2D eigenvalue weighted by Crippen LogP contribution is 2.37. The SMILES string of the molecule is O=C(Nc1cc[nH]c(=O)c1)c1ccc(C(F)(F)F)cc1OC1CCC(F)(F)CC1. The Labute approximate surface area is 161 Å². The molecule has 1 heterocycles. The van der Waals surface area contributed by atoms with E-state index in [9.17, 15) is 31.5 Å². The van der Waals surface area contributed by atoms with Crippen molar-refractivity contribution in [3.8, 4) is 5.75 Å². The largest absolute Gasteiger partial charge is 0.490 e. The monoisotopic (exact) mass is 416 g/mol. The molecular weight excluding hydrogens is 399 g/mol. The number of anilines is 1. The molecule has 29 heavy (non-hydrogen) atoms. The van der Waals surface area contributed by atoms with Crippen LogP contribution in [0.25, 0.3) is 0 Å². The van der Waals surface area contributed by atoms with Crippen molar-refractivity contribution >= 4 is 11.6 Å². The van der Waals surface area contributed by atoms with Gasteiger partial charge in [0, 0.05) is 30.8 Å². The number of carbonyl (C=O) groups is 1. The molecule has 1 fully saturated rings. The molecule has 0 saturated heterocycles. The number of hydrogen-bond acceptors (Lipinski definition) is 3. The minimum atomic E-state index is -4.67. The lowest BCUT2D eigenvalue weighted by Crippen LogP contribution is -2.31. The number of pyridine rings is 1. The van der Waals surface area contributed by atoms with Crippen LogP contribution < -0.4 is 15.6 Å². The molecule has 1 aliphatic rings. The van der Waals surface area contributed by atoms with Gasteiger partial charge >= 0.3 is 6.18 Å². The highest BCUT2D eigenvalue weighted by molar-refractivity contribution is 6.06. The molecule has 1 saturated carbocycles. The molecule has 2 N–H and O–H groups in total. The second-order valence-corrected chi connectivity index (χ2v) is 6.78. The second-order valence-electron chi connectivity index (χ2n) is 6.78. The van der Waals surface area contributed by atoms with E-state index >= 15 is 0 Å². The predicted octanol–water partition coefficient (Wildman–Crippen LogP) is 4.60. The van der Waals surface area contributed by atoms with E-state index in [-0.39, 0.29) is 29.8 Å². The first-order valence-corrected chi connectivity index (χ1v) is 8.79. The number of H-pyrrole nitrogens is 1. The molecule has 5 nitrogen and oxygen atoms in total. The number of alkyl halides is 5. The summed E-state index contributed by atoms with van der Waals surface area (Å²) in [6.07, 6.45) is -5.07. The molecular formula is C19H17F5N2O3. The molecule has 0 radical (unpaired) electrons. The maximum atomic E-state index is 13.3. The Morgan fingerprint density at radius 1 is 1.14 bits per heavy atom. The van der Waals surface area contributed by atoms with Crippen LogP contribution in [-0.4, -0.2) is 22.9 Å². The number of carbonyl (C=O) groups excluding carboxylic acids is 1. The van der Waals surface area contributed by atoms with Gasteiger partial charge in [0.2, 0.25) is 11.5 Å². The summed E-state index contributed by atoms with van der Waals surface area (Å²) in [5.41, 5.74) is -1.56. The van der Waals surface area contributed by atoms with Crippen LogP contribution in [-0.2, 0) is 6.18 Å². The predicted molar refractivity (Wildman–Crippen MR) is 94.3 cm³/mol. The first kappa shape index (κ1) is 20.8. The van der Waals surface area contributed by atoms with Crippen molar-refractivity contribution in [1.82, 2.24) is 4.98 Å². The van der Waals surface area contributed by atoms with Gasteiger partial charge in [0.25, 0.3) is 5.91 Å². The lowest BCUT2D eigenvalue weighted by molar-refractivity contribution is -0.137. The molecule has 0 spiro atoms. The molecule has 0 bridgehead atoms. The van der Waals surface area contributed by atoms with Crippen molar-refractivity contribution < 1.29 is 31.5 Å². The van der Waals surface area contributed by atoms with E-state index in [4.69, 9.17) is 4.74 Å². The summed E-state index contributed by atoms with van der Waals surface area (Å²) in [6.45, 7) is 0. The van der Waals surface area contributed by atoms with Gasteiger partial charge in [-0.2, -0.15) is 13.2 Å². The highest BCUT2D eigenvalue weighted by Gasteiger charge is 2.37. The summed E-state index contributed by atoms with van der Waals surface area (Å²) in [5.74, 6) is -3.97. The van der Waals surface area contributed by atoms with Crippen molar-refractivity contribution in [1.29, 1.82) is 0 Å². The first-order chi connectivity index (χ1) is 13.5. The highest BCUT2D eigenvalue weighted by atomic mass is 19.4. The standard InChI is InChI=1S/C19H17F5N2O3/c20-18(21)6-3-13(4-7-18)29-15-9-11(19(22,23)24)1-2-14(15)17(28)26-12-5-8-25-16(27)10-12/h1-2,5,8-10,13H,3-4,6-7H2,(H2,25,26,27,28). The summed E-state index contributed by atoms with van der Waals surface area (Å²) in [4.78, 5) is 26.2. The Balaban J connectivity index is 1.87. The minimum absolute atomic E-state index is 0.0433. The van der Waals surface area contributed by atoms with Crippen molar-refractivity contribution in [2.24, 2.45) is 0 Å². The first-order valence-electron chi connectivity index (χ1n) is 8.79. The van der Waals surface area contributed by atoms with Crippen molar-refractivity contribution in [3.63, 3.8) is 0 Å². The number of halogens is 5. The number of aromatic nitrogens is 1. The molecule has 1 aromatic carbocycles. The van der Waals surface area contributed by atoms with Gasteiger partial charge in [-0.15, -0.1) is 0 Å². The van der Waals surface area contributed by atoms with E-state index in [1.807, 2.05) is 0 Å².